The zero-order valence-electron chi connectivity index (χ0n) is 15.7. The molecule has 0 amide bonds. The van der Waals surface area contributed by atoms with Gasteiger partial charge in [0, 0.05) is 12.3 Å². The van der Waals surface area contributed by atoms with Crippen molar-refractivity contribution in [2.75, 3.05) is 6.61 Å². The quantitative estimate of drug-likeness (QED) is 0.631. The molecule has 0 radical (unpaired) electrons. The van der Waals surface area contributed by atoms with Crippen LogP contribution in [0, 0.1) is 11.3 Å². The van der Waals surface area contributed by atoms with Crippen molar-refractivity contribution in [1.82, 2.24) is 4.57 Å². The highest BCUT2D eigenvalue weighted by atomic mass is 35.5. The van der Waals surface area contributed by atoms with Gasteiger partial charge in [-0.1, -0.05) is 34.8 Å². The molecule has 4 rings (SSSR count). The number of benzene rings is 1. The number of carbonyl (C=O) groups is 1. The lowest BCUT2D eigenvalue weighted by Crippen LogP contribution is -2.33. The van der Waals surface area contributed by atoms with Gasteiger partial charge < -0.3 is 23.5 Å². The van der Waals surface area contributed by atoms with Crippen LogP contribution >= 0.6 is 34.8 Å². The molecule has 2 fully saturated rings. The SMILES string of the molecule is CC(=O)OC[C@H]1O[C@@H](n2c(Cl)c(C#N)c3cc(Cl)c(Cl)cc32)C2OC(C)(C)OC21. The number of rotatable bonds is 3. The third kappa shape index (κ3) is 3.48. The topological polar surface area (TPSA) is 82.7 Å². The Morgan fingerprint density at radius 3 is 2.55 bits per heavy atom. The van der Waals surface area contributed by atoms with Crippen LogP contribution in [-0.2, 0) is 23.7 Å². The van der Waals surface area contributed by atoms with Crippen LogP contribution in [0.2, 0.25) is 15.2 Å². The van der Waals surface area contributed by atoms with Crippen molar-refractivity contribution < 1.29 is 23.7 Å². The second-order valence-electron chi connectivity index (χ2n) is 7.36. The summed E-state index contributed by atoms with van der Waals surface area (Å²) in [6.45, 7) is 4.90. The number of aromatic nitrogens is 1. The van der Waals surface area contributed by atoms with E-state index in [2.05, 4.69) is 6.07 Å². The van der Waals surface area contributed by atoms with Crippen molar-refractivity contribution in [3.63, 3.8) is 0 Å². The van der Waals surface area contributed by atoms with E-state index >= 15 is 0 Å². The predicted molar refractivity (Wildman–Crippen MR) is 106 cm³/mol. The van der Waals surface area contributed by atoms with E-state index < -0.39 is 36.3 Å². The average molecular weight is 460 g/mol. The summed E-state index contributed by atoms with van der Waals surface area (Å²) >= 11 is 18.9. The first-order chi connectivity index (χ1) is 13.6. The molecule has 2 saturated heterocycles. The Balaban J connectivity index is 1.82. The summed E-state index contributed by atoms with van der Waals surface area (Å²) in [6.07, 6.45) is -2.33. The summed E-state index contributed by atoms with van der Waals surface area (Å²) in [4.78, 5) is 11.3. The fourth-order valence-corrected chi connectivity index (χ4v) is 4.48. The van der Waals surface area contributed by atoms with Crippen molar-refractivity contribution in [3.05, 3.63) is 32.9 Å². The van der Waals surface area contributed by atoms with Crippen molar-refractivity contribution >= 4 is 51.7 Å². The minimum Gasteiger partial charge on any atom is -0.463 e. The van der Waals surface area contributed by atoms with Crippen molar-refractivity contribution in [2.24, 2.45) is 0 Å². The van der Waals surface area contributed by atoms with Crippen LogP contribution < -0.4 is 0 Å². The molecule has 2 aromatic rings. The van der Waals surface area contributed by atoms with Gasteiger partial charge in [-0.25, -0.2) is 0 Å². The Morgan fingerprint density at radius 1 is 1.24 bits per heavy atom. The van der Waals surface area contributed by atoms with Crippen LogP contribution in [0.25, 0.3) is 10.9 Å². The normalized spacial score (nSPS) is 27.8. The molecule has 3 heterocycles. The third-order valence-electron chi connectivity index (χ3n) is 4.93. The minimum atomic E-state index is -0.861. The maximum absolute atomic E-state index is 11.3. The molecule has 0 saturated carbocycles. The molecule has 4 atom stereocenters. The van der Waals surface area contributed by atoms with Crippen LogP contribution in [0.5, 0.6) is 0 Å². The molecule has 0 aliphatic carbocycles. The van der Waals surface area contributed by atoms with Crippen LogP contribution in [0.15, 0.2) is 12.1 Å². The molecule has 0 bridgehead atoms. The molecule has 154 valence electrons. The number of hydrogen-bond acceptors (Lipinski definition) is 6. The van der Waals surface area contributed by atoms with Crippen molar-refractivity contribution in [3.8, 4) is 6.07 Å². The summed E-state index contributed by atoms with van der Waals surface area (Å²) in [7, 11) is 0. The van der Waals surface area contributed by atoms with Gasteiger partial charge in [0.15, 0.2) is 12.0 Å². The van der Waals surface area contributed by atoms with E-state index in [4.69, 9.17) is 53.8 Å². The number of hydrogen-bond donors (Lipinski definition) is 0. The van der Waals surface area contributed by atoms with Gasteiger partial charge in [0.05, 0.1) is 21.1 Å². The van der Waals surface area contributed by atoms with E-state index in [0.717, 1.165) is 0 Å². The first-order valence-corrected chi connectivity index (χ1v) is 9.99. The van der Waals surface area contributed by atoms with Gasteiger partial charge >= 0.3 is 5.97 Å². The summed E-state index contributed by atoms with van der Waals surface area (Å²) in [6, 6.07) is 5.33. The lowest BCUT2D eigenvalue weighted by molar-refractivity contribution is -0.201. The van der Waals surface area contributed by atoms with E-state index in [0.29, 0.717) is 20.9 Å². The number of ether oxygens (including phenoxy) is 4. The second kappa shape index (κ2) is 7.31. The minimum absolute atomic E-state index is 0.000944. The lowest BCUT2D eigenvalue weighted by Gasteiger charge is -2.25. The molecule has 1 aromatic carbocycles. The second-order valence-corrected chi connectivity index (χ2v) is 8.54. The number of esters is 1. The van der Waals surface area contributed by atoms with Crippen LogP contribution in [0.3, 0.4) is 0 Å². The Morgan fingerprint density at radius 2 is 1.90 bits per heavy atom. The Bertz CT molecular complexity index is 1040. The summed E-state index contributed by atoms with van der Waals surface area (Å²) in [5.41, 5.74) is 0.827. The van der Waals surface area contributed by atoms with Crippen LogP contribution in [0.1, 0.15) is 32.6 Å². The molecule has 2 aliphatic heterocycles. The Hall–Kier alpha value is -1.53. The average Bonchev–Trinajstić information content (AvgIpc) is 3.20. The first-order valence-electron chi connectivity index (χ1n) is 8.86. The van der Waals surface area contributed by atoms with Gasteiger partial charge in [-0.15, -0.1) is 0 Å². The molecule has 1 aromatic heterocycles. The number of halogens is 3. The monoisotopic (exact) mass is 458 g/mol. The summed E-state index contributed by atoms with van der Waals surface area (Å²) < 4.78 is 25.0. The third-order valence-corrected chi connectivity index (χ3v) is 6.02. The maximum atomic E-state index is 11.3. The molecule has 0 N–H and O–H groups in total. The molecule has 7 nitrogen and oxygen atoms in total. The maximum Gasteiger partial charge on any atom is 0.302 e. The van der Waals surface area contributed by atoms with Gasteiger partial charge in [0.2, 0.25) is 0 Å². The highest BCUT2D eigenvalue weighted by Gasteiger charge is 2.56. The molecular weight excluding hydrogens is 443 g/mol. The summed E-state index contributed by atoms with van der Waals surface area (Å²) in [5.74, 6) is -1.29. The number of carbonyl (C=O) groups excluding carboxylic acids is 1. The lowest BCUT2D eigenvalue weighted by atomic mass is 10.1. The zero-order valence-corrected chi connectivity index (χ0v) is 18.0. The van der Waals surface area contributed by atoms with Crippen LogP contribution in [0.4, 0.5) is 0 Å². The van der Waals surface area contributed by atoms with Crippen molar-refractivity contribution in [2.45, 2.75) is 51.1 Å². The molecule has 0 spiro atoms. The number of fused-ring (bicyclic) bond motifs is 2. The fourth-order valence-electron chi connectivity index (χ4n) is 3.83. The van der Waals surface area contributed by atoms with E-state index in [-0.39, 0.29) is 17.3 Å². The molecule has 29 heavy (non-hydrogen) atoms. The molecule has 10 heteroatoms. The molecular formula is C19H17Cl3N2O5. The van der Waals surface area contributed by atoms with E-state index in [9.17, 15) is 10.1 Å². The smallest absolute Gasteiger partial charge is 0.302 e. The Labute approximate surface area is 181 Å². The summed E-state index contributed by atoms with van der Waals surface area (Å²) in [5, 5.41) is 11.0. The standard InChI is InChI=1S/C19H17Cl3N2O5/c1-8(25)26-7-14-15-16(29-19(2,3)28-15)18(27-14)24-13-5-12(21)11(20)4-9(13)10(6-23)17(24)22/h4-5,14-16,18H,7H2,1-3H3/t14-,15?,16?,18-/m1/s1. The van der Waals surface area contributed by atoms with E-state index in [1.54, 1.807) is 30.5 Å². The highest BCUT2D eigenvalue weighted by molar-refractivity contribution is 6.43. The van der Waals surface area contributed by atoms with Crippen LogP contribution in [-0.4, -0.2) is 41.2 Å². The zero-order chi connectivity index (χ0) is 21.1. The Kier molecular flexibility index (Phi) is 5.23. The van der Waals surface area contributed by atoms with Gasteiger partial charge in [-0.3, -0.25) is 4.79 Å². The predicted octanol–water partition coefficient (Wildman–Crippen LogP) is 4.45. The van der Waals surface area contributed by atoms with E-state index in [1.165, 1.54) is 6.92 Å². The number of nitrogens with zero attached hydrogens (tertiary/aromatic N) is 2. The fraction of sp³-hybridized carbons (Fsp3) is 0.474. The van der Waals surface area contributed by atoms with Gasteiger partial charge in [0.25, 0.3) is 0 Å². The highest BCUT2D eigenvalue weighted by Crippen LogP contribution is 2.47. The van der Waals surface area contributed by atoms with Gasteiger partial charge in [0.1, 0.15) is 36.1 Å². The largest absolute Gasteiger partial charge is 0.463 e. The number of nitriles is 1. The van der Waals surface area contributed by atoms with E-state index in [1.807, 2.05) is 0 Å². The molecule has 2 aliphatic rings. The van der Waals surface area contributed by atoms with Gasteiger partial charge in [-0.2, -0.15) is 5.26 Å². The first kappa shape index (κ1) is 20.7. The molecule has 2 unspecified atom stereocenters. The van der Waals surface area contributed by atoms with Gasteiger partial charge in [-0.05, 0) is 26.0 Å². The van der Waals surface area contributed by atoms with Crippen molar-refractivity contribution in [1.29, 1.82) is 5.26 Å².